The molecular weight excluding hydrogens is 244 g/mol. The molecule has 96 valence electrons. The summed E-state index contributed by atoms with van der Waals surface area (Å²) in [6, 6.07) is 3.59. The largest absolute Gasteiger partial charge is 0.508 e. The van der Waals surface area contributed by atoms with Crippen LogP contribution in [0.5, 0.6) is 5.75 Å². The van der Waals surface area contributed by atoms with E-state index >= 15 is 0 Å². The first-order chi connectivity index (χ1) is 8.51. The van der Waals surface area contributed by atoms with Crippen molar-refractivity contribution in [2.75, 3.05) is 6.61 Å². The maximum absolute atomic E-state index is 12.7. The number of nitriles is 1. The van der Waals surface area contributed by atoms with E-state index in [0.717, 1.165) is 12.1 Å². The van der Waals surface area contributed by atoms with Crippen LogP contribution in [0.4, 0.5) is 8.78 Å². The summed E-state index contributed by atoms with van der Waals surface area (Å²) in [6.07, 6.45) is -3.26. The lowest BCUT2D eigenvalue weighted by Crippen LogP contribution is -2.10. The second-order valence-corrected chi connectivity index (χ2v) is 3.42. The summed E-state index contributed by atoms with van der Waals surface area (Å²) < 4.78 is 30.0. The zero-order valence-electron chi connectivity index (χ0n) is 9.61. The molecule has 0 unspecified atom stereocenters. The number of esters is 1. The van der Waals surface area contributed by atoms with Gasteiger partial charge in [-0.25, -0.2) is 8.78 Å². The molecule has 0 aromatic heterocycles. The average Bonchev–Trinajstić information content (AvgIpc) is 2.31. The molecule has 1 rings (SSSR count). The molecule has 0 heterocycles. The van der Waals surface area contributed by atoms with E-state index in [1.807, 2.05) is 0 Å². The van der Waals surface area contributed by atoms with Crippen LogP contribution in [0.15, 0.2) is 12.1 Å². The van der Waals surface area contributed by atoms with Crippen molar-refractivity contribution in [3.05, 3.63) is 28.8 Å². The summed E-state index contributed by atoms with van der Waals surface area (Å²) in [6.45, 7) is 1.73. The van der Waals surface area contributed by atoms with Crippen LogP contribution in [0.2, 0.25) is 0 Å². The molecule has 1 N–H and O–H groups in total. The minimum absolute atomic E-state index is 0.131. The van der Waals surface area contributed by atoms with Crippen molar-refractivity contribution in [1.29, 1.82) is 5.26 Å². The van der Waals surface area contributed by atoms with E-state index in [1.165, 1.54) is 0 Å². The highest BCUT2D eigenvalue weighted by Crippen LogP contribution is 2.30. The number of benzene rings is 1. The molecule has 0 aliphatic heterocycles. The van der Waals surface area contributed by atoms with Gasteiger partial charge in [-0.1, -0.05) is 0 Å². The van der Waals surface area contributed by atoms with E-state index < -0.39 is 24.4 Å². The van der Waals surface area contributed by atoms with E-state index in [-0.39, 0.29) is 23.5 Å². The van der Waals surface area contributed by atoms with Crippen LogP contribution in [0.1, 0.15) is 30.0 Å². The molecular formula is C12H11F2NO3. The van der Waals surface area contributed by atoms with E-state index in [2.05, 4.69) is 4.74 Å². The van der Waals surface area contributed by atoms with Gasteiger partial charge in [-0.15, -0.1) is 0 Å². The number of carbonyl (C=O) groups excluding carboxylic acids is 1. The van der Waals surface area contributed by atoms with Gasteiger partial charge < -0.3 is 9.84 Å². The van der Waals surface area contributed by atoms with Gasteiger partial charge in [0, 0.05) is 11.1 Å². The van der Waals surface area contributed by atoms with E-state index in [9.17, 15) is 18.7 Å². The number of halogens is 2. The van der Waals surface area contributed by atoms with Crippen LogP contribution in [-0.2, 0) is 16.0 Å². The molecule has 0 saturated carbocycles. The Labute approximate surface area is 102 Å². The molecule has 0 spiro atoms. The maximum atomic E-state index is 12.7. The van der Waals surface area contributed by atoms with Crippen LogP contribution < -0.4 is 0 Å². The number of alkyl halides is 2. The Balaban J connectivity index is 3.21. The number of phenols is 1. The van der Waals surface area contributed by atoms with Crippen LogP contribution in [0.25, 0.3) is 0 Å². The standard InChI is InChI=1S/C12H11F2NO3/c1-2-18-11(17)5-8-9(6-15)7(12(13)14)3-4-10(8)16/h3-4,12,16H,2,5H2,1H3. The van der Waals surface area contributed by atoms with Gasteiger partial charge >= 0.3 is 5.97 Å². The third-order valence-corrected chi connectivity index (χ3v) is 2.29. The quantitative estimate of drug-likeness (QED) is 0.838. The Bertz CT molecular complexity index is 495. The predicted molar refractivity (Wildman–Crippen MR) is 58.1 cm³/mol. The number of hydrogen-bond donors (Lipinski definition) is 1. The second-order valence-electron chi connectivity index (χ2n) is 3.42. The summed E-state index contributed by atoms with van der Waals surface area (Å²) in [5.41, 5.74) is -1.01. The SMILES string of the molecule is CCOC(=O)Cc1c(O)ccc(C(F)F)c1C#N. The molecule has 0 fully saturated rings. The molecule has 18 heavy (non-hydrogen) atoms. The van der Waals surface area contributed by atoms with Gasteiger partial charge in [-0.05, 0) is 19.1 Å². The van der Waals surface area contributed by atoms with Gasteiger partial charge in [-0.3, -0.25) is 4.79 Å². The summed E-state index contributed by atoms with van der Waals surface area (Å²) in [5.74, 6) is -1.06. The summed E-state index contributed by atoms with van der Waals surface area (Å²) in [7, 11) is 0. The lowest BCUT2D eigenvalue weighted by Gasteiger charge is -2.10. The van der Waals surface area contributed by atoms with Crippen molar-refractivity contribution in [1.82, 2.24) is 0 Å². The van der Waals surface area contributed by atoms with Crippen LogP contribution >= 0.6 is 0 Å². The molecule has 0 bridgehead atoms. The Morgan fingerprint density at radius 3 is 2.72 bits per heavy atom. The smallest absolute Gasteiger partial charge is 0.310 e. The molecule has 0 aliphatic rings. The van der Waals surface area contributed by atoms with Crippen LogP contribution in [0, 0.1) is 11.3 Å². The number of nitrogens with zero attached hydrogens (tertiary/aromatic N) is 1. The number of rotatable bonds is 4. The monoisotopic (exact) mass is 255 g/mol. The molecule has 4 nitrogen and oxygen atoms in total. The highest BCUT2D eigenvalue weighted by atomic mass is 19.3. The van der Waals surface area contributed by atoms with Gasteiger partial charge in [0.2, 0.25) is 0 Å². The minimum atomic E-state index is -2.85. The zero-order valence-corrected chi connectivity index (χ0v) is 9.61. The first-order valence-electron chi connectivity index (χ1n) is 5.19. The summed E-state index contributed by atoms with van der Waals surface area (Å²) in [5, 5.41) is 18.4. The van der Waals surface area contributed by atoms with Crippen molar-refractivity contribution < 1.29 is 23.4 Å². The highest BCUT2D eigenvalue weighted by molar-refractivity contribution is 5.75. The van der Waals surface area contributed by atoms with Gasteiger partial charge in [0.05, 0.1) is 18.6 Å². The average molecular weight is 255 g/mol. The molecule has 0 atom stereocenters. The number of phenolic OH excluding ortho intramolecular Hbond substituents is 1. The Morgan fingerprint density at radius 1 is 1.56 bits per heavy atom. The van der Waals surface area contributed by atoms with Crippen molar-refractivity contribution >= 4 is 5.97 Å². The molecule has 0 radical (unpaired) electrons. The lowest BCUT2D eigenvalue weighted by molar-refractivity contribution is -0.142. The van der Waals surface area contributed by atoms with Crippen LogP contribution in [-0.4, -0.2) is 17.7 Å². The van der Waals surface area contributed by atoms with Crippen LogP contribution in [0.3, 0.4) is 0 Å². The molecule has 0 amide bonds. The Hall–Kier alpha value is -2.16. The van der Waals surface area contributed by atoms with Gasteiger partial charge in [-0.2, -0.15) is 5.26 Å². The van der Waals surface area contributed by atoms with E-state index in [4.69, 9.17) is 5.26 Å². The summed E-state index contributed by atoms with van der Waals surface area (Å²) >= 11 is 0. The van der Waals surface area contributed by atoms with Crippen molar-refractivity contribution in [3.63, 3.8) is 0 Å². The molecule has 1 aromatic carbocycles. The molecule has 0 aliphatic carbocycles. The maximum Gasteiger partial charge on any atom is 0.310 e. The summed E-state index contributed by atoms with van der Waals surface area (Å²) in [4.78, 5) is 11.3. The third-order valence-electron chi connectivity index (χ3n) is 2.29. The molecule has 6 heteroatoms. The van der Waals surface area contributed by atoms with Gasteiger partial charge in [0.15, 0.2) is 0 Å². The van der Waals surface area contributed by atoms with E-state index in [1.54, 1.807) is 13.0 Å². The fourth-order valence-corrected chi connectivity index (χ4v) is 1.50. The molecule has 0 saturated heterocycles. The normalized spacial score (nSPS) is 10.2. The number of ether oxygens (including phenoxy) is 1. The van der Waals surface area contributed by atoms with Crippen molar-refractivity contribution in [3.8, 4) is 11.8 Å². The topological polar surface area (TPSA) is 70.3 Å². The number of aromatic hydroxyl groups is 1. The lowest BCUT2D eigenvalue weighted by atomic mass is 9.98. The third kappa shape index (κ3) is 2.94. The zero-order chi connectivity index (χ0) is 13.7. The second kappa shape index (κ2) is 5.96. The van der Waals surface area contributed by atoms with Crippen molar-refractivity contribution in [2.45, 2.75) is 19.8 Å². The number of hydrogen-bond acceptors (Lipinski definition) is 4. The fourth-order valence-electron chi connectivity index (χ4n) is 1.50. The van der Waals surface area contributed by atoms with Crippen molar-refractivity contribution in [2.24, 2.45) is 0 Å². The number of carbonyl (C=O) groups is 1. The first kappa shape index (κ1) is 13.9. The minimum Gasteiger partial charge on any atom is -0.508 e. The first-order valence-corrected chi connectivity index (χ1v) is 5.19. The molecule has 1 aromatic rings. The highest BCUT2D eigenvalue weighted by Gasteiger charge is 2.21. The van der Waals surface area contributed by atoms with E-state index in [0.29, 0.717) is 0 Å². The van der Waals surface area contributed by atoms with Gasteiger partial charge in [0.1, 0.15) is 11.8 Å². The fraction of sp³-hybridized carbons (Fsp3) is 0.333. The van der Waals surface area contributed by atoms with Gasteiger partial charge in [0.25, 0.3) is 6.43 Å². The Morgan fingerprint density at radius 2 is 2.22 bits per heavy atom. The predicted octanol–water partition coefficient (Wildman–Crippen LogP) is 2.31. The Kier molecular flexibility index (Phi) is 4.60.